The molecule has 7 heteroatoms. The van der Waals surface area contributed by atoms with Gasteiger partial charge in [0.15, 0.2) is 5.96 Å². The predicted octanol–water partition coefficient (Wildman–Crippen LogP) is -1.51. The summed E-state index contributed by atoms with van der Waals surface area (Å²) in [5.74, 6) is 0.697. The lowest BCUT2D eigenvalue weighted by Crippen LogP contribution is -2.33. The second kappa shape index (κ2) is 9.12. The fourth-order valence-corrected chi connectivity index (χ4v) is 0.593. The van der Waals surface area contributed by atoms with Gasteiger partial charge in [0, 0.05) is 28.2 Å². The smallest absolute Gasteiger partial charge is 0.209 e. The van der Waals surface area contributed by atoms with Crippen molar-refractivity contribution in [2.45, 2.75) is 0 Å². The maximum Gasteiger partial charge on any atom is 0.209 e. The number of rotatable bonds is 0. The first-order chi connectivity index (χ1) is 6.49. The molecule has 0 heterocycles. The fourth-order valence-electron chi connectivity index (χ4n) is 0.593. The van der Waals surface area contributed by atoms with Gasteiger partial charge >= 0.3 is 0 Å². The minimum Gasteiger partial charge on any atom is -0.369 e. The van der Waals surface area contributed by atoms with Gasteiger partial charge in [-0.2, -0.15) is 5.26 Å². The van der Waals surface area contributed by atoms with Crippen molar-refractivity contribution in [3.05, 3.63) is 0 Å². The van der Waals surface area contributed by atoms with Crippen LogP contribution in [0.25, 0.3) is 0 Å². The molecule has 0 saturated heterocycles. The van der Waals surface area contributed by atoms with Crippen molar-refractivity contribution in [1.82, 2.24) is 10.2 Å². The predicted molar refractivity (Wildman–Crippen MR) is 57.5 cm³/mol. The fraction of sp³-hybridized carbons (Fsp3) is 0.571. The molecule has 0 fully saturated rings. The third kappa shape index (κ3) is 10.0. The van der Waals surface area contributed by atoms with Gasteiger partial charge in [0.2, 0.25) is 12.2 Å². The highest BCUT2D eigenvalue weighted by Gasteiger charge is 1.91. The molecule has 0 radical (unpaired) electrons. The highest BCUT2D eigenvalue weighted by molar-refractivity contribution is 5.78. The van der Waals surface area contributed by atoms with Gasteiger partial charge in [0.25, 0.3) is 0 Å². The van der Waals surface area contributed by atoms with E-state index in [0.29, 0.717) is 0 Å². The van der Waals surface area contributed by atoms with Crippen LogP contribution >= 0.6 is 0 Å². The lowest BCUT2D eigenvalue weighted by Gasteiger charge is -2.12. The molecule has 0 aromatic heterocycles. The van der Waals surface area contributed by atoms with Crippen molar-refractivity contribution >= 4 is 11.9 Å². The first kappa shape index (κ1) is 14.5. The summed E-state index contributed by atoms with van der Waals surface area (Å²) in [6, 6.07) is 0. The number of nitrogens with zero attached hydrogens (tertiary/aromatic N) is 4. The quantitative estimate of drug-likeness (QED) is 0.249. The van der Waals surface area contributed by atoms with Crippen molar-refractivity contribution in [1.29, 1.82) is 5.26 Å². The molecule has 80 valence electrons. The van der Waals surface area contributed by atoms with Crippen LogP contribution in [-0.2, 0) is 0 Å². The molecular weight excluding hydrogens is 182 g/mol. The normalized spacial score (nSPS) is 8.93. The molecule has 0 aliphatic heterocycles. The van der Waals surface area contributed by atoms with Crippen LogP contribution in [0, 0.1) is 11.5 Å². The van der Waals surface area contributed by atoms with E-state index in [1.54, 1.807) is 7.05 Å². The van der Waals surface area contributed by atoms with E-state index in [9.17, 15) is 0 Å². The number of aliphatic imine (C=N–C) groups is 2. The SMILES string of the molecule is CN=C(NC)N(C)C.N#CN=C(N)N. The maximum absolute atomic E-state index is 7.64. The van der Waals surface area contributed by atoms with Crippen LogP contribution in [0.4, 0.5) is 0 Å². The van der Waals surface area contributed by atoms with Crippen molar-refractivity contribution in [2.24, 2.45) is 21.5 Å². The Hall–Kier alpha value is -1.97. The molecule has 7 nitrogen and oxygen atoms in total. The molecule has 0 bridgehead atoms. The highest BCUT2D eigenvalue weighted by atomic mass is 15.2. The molecule has 0 atom stereocenters. The van der Waals surface area contributed by atoms with Crippen molar-refractivity contribution in [2.75, 3.05) is 28.2 Å². The number of nitriles is 1. The van der Waals surface area contributed by atoms with Gasteiger partial charge in [0.1, 0.15) is 0 Å². The zero-order chi connectivity index (χ0) is 11.6. The molecule has 0 spiro atoms. The number of guanidine groups is 2. The second-order valence-corrected chi connectivity index (χ2v) is 2.33. The van der Waals surface area contributed by atoms with E-state index in [1.165, 1.54) is 6.19 Å². The standard InChI is InChI=1S/C5H13N3.C2H4N4/c1-6-5(7-2)8(3)4;3-1-6-2(4)5/h1-4H3,(H,6,7);(H4,4,5,6). The molecule has 0 unspecified atom stereocenters. The number of hydrogen-bond acceptors (Lipinski definition) is 3. The van der Waals surface area contributed by atoms with E-state index in [4.69, 9.17) is 16.7 Å². The van der Waals surface area contributed by atoms with Crippen molar-refractivity contribution < 1.29 is 0 Å². The van der Waals surface area contributed by atoms with E-state index in [0.717, 1.165) is 5.96 Å². The van der Waals surface area contributed by atoms with Crippen LogP contribution < -0.4 is 16.8 Å². The van der Waals surface area contributed by atoms with Crippen molar-refractivity contribution in [3.63, 3.8) is 0 Å². The third-order valence-electron chi connectivity index (χ3n) is 1.04. The molecule has 0 rings (SSSR count). The number of hydrogen-bond donors (Lipinski definition) is 3. The Morgan fingerprint density at radius 2 is 1.93 bits per heavy atom. The molecule has 0 saturated carbocycles. The number of nitrogens with one attached hydrogen (secondary N) is 1. The van der Waals surface area contributed by atoms with Crippen LogP contribution in [0.1, 0.15) is 0 Å². The summed E-state index contributed by atoms with van der Waals surface area (Å²) in [7, 11) is 7.49. The summed E-state index contributed by atoms with van der Waals surface area (Å²) in [5.41, 5.74) is 9.42. The van der Waals surface area contributed by atoms with Crippen LogP contribution in [0.2, 0.25) is 0 Å². The van der Waals surface area contributed by atoms with Gasteiger partial charge in [-0.3, -0.25) is 4.99 Å². The van der Waals surface area contributed by atoms with Gasteiger partial charge < -0.3 is 21.7 Å². The minimum absolute atomic E-state index is 0.197. The molecule has 14 heavy (non-hydrogen) atoms. The Morgan fingerprint density at radius 3 is 1.93 bits per heavy atom. The molecule has 0 aromatic carbocycles. The molecule has 0 aromatic rings. The Bertz CT molecular complexity index is 231. The Kier molecular flexibility index (Phi) is 9.48. The van der Waals surface area contributed by atoms with Crippen LogP contribution in [-0.4, -0.2) is 45.0 Å². The van der Waals surface area contributed by atoms with Gasteiger partial charge in [-0.25, -0.2) is 0 Å². The molecule has 0 amide bonds. The topological polar surface area (TPSA) is 116 Å². The van der Waals surface area contributed by atoms with Crippen LogP contribution in [0.15, 0.2) is 9.98 Å². The second-order valence-electron chi connectivity index (χ2n) is 2.33. The lowest BCUT2D eigenvalue weighted by molar-refractivity contribution is 0.596. The summed E-state index contributed by atoms with van der Waals surface area (Å²) in [6.45, 7) is 0. The van der Waals surface area contributed by atoms with E-state index < -0.39 is 0 Å². The van der Waals surface area contributed by atoms with Gasteiger partial charge in [0.05, 0.1) is 0 Å². The third-order valence-corrected chi connectivity index (χ3v) is 1.04. The van der Waals surface area contributed by atoms with E-state index >= 15 is 0 Å². The molecule has 0 aliphatic rings. The first-order valence-electron chi connectivity index (χ1n) is 3.79. The zero-order valence-corrected chi connectivity index (χ0v) is 8.94. The number of nitrogens with two attached hydrogens (primary N) is 2. The van der Waals surface area contributed by atoms with Crippen LogP contribution in [0.5, 0.6) is 0 Å². The van der Waals surface area contributed by atoms with Gasteiger partial charge in [-0.1, -0.05) is 0 Å². The average Bonchev–Trinajstić information content (AvgIpc) is 2.06. The summed E-state index contributed by atoms with van der Waals surface area (Å²) in [4.78, 5) is 8.76. The summed E-state index contributed by atoms with van der Waals surface area (Å²) < 4.78 is 0. The average molecular weight is 199 g/mol. The Morgan fingerprint density at radius 1 is 1.43 bits per heavy atom. The monoisotopic (exact) mass is 199 g/mol. The Labute approximate surface area is 84.1 Å². The molecule has 5 N–H and O–H groups in total. The van der Waals surface area contributed by atoms with Gasteiger partial charge in [-0.05, 0) is 0 Å². The van der Waals surface area contributed by atoms with Crippen LogP contribution in [0.3, 0.4) is 0 Å². The summed E-state index contributed by atoms with van der Waals surface area (Å²) in [6.07, 6.45) is 1.41. The van der Waals surface area contributed by atoms with E-state index in [-0.39, 0.29) is 5.96 Å². The largest absolute Gasteiger partial charge is 0.369 e. The maximum atomic E-state index is 7.64. The highest BCUT2D eigenvalue weighted by Crippen LogP contribution is 1.73. The van der Waals surface area contributed by atoms with E-state index in [2.05, 4.69) is 15.3 Å². The van der Waals surface area contributed by atoms with Gasteiger partial charge in [-0.15, -0.1) is 4.99 Å². The minimum atomic E-state index is -0.197. The van der Waals surface area contributed by atoms with E-state index in [1.807, 2.05) is 26.0 Å². The first-order valence-corrected chi connectivity index (χ1v) is 3.79. The molecule has 0 aliphatic carbocycles. The Balaban J connectivity index is 0. The summed E-state index contributed by atoms with van der Waals surface area (Å²) in [5, 5.41) is 10.6. The lowest BCUT2D eigenvalue weighted by atomic mass is 10.8. The van der Waals surface area contributed by atoms with Crippen molar-refractivity contribution in [3.8, 4) is 6.19 Å². The zero-order valence-electron chi connectivity index (χ0n) is 8.94. The summed E-state index contributed by atoms with van der Waals surface area (Å²) >= 11 is 0. The molecular formula is C7H17N7.